The summed E-state index contributed by atoms with van der Waals surface area (Å²) < 4.78 is 0. The van der Waals surface area contributed by atoms with Crippen LogP contribution in [0.5, 0.6) is 0 Å². The number of aromatic nitrogens is 3. The molecule has 0 radical (unpaired) electrons. The maximum absolute atomic E-state index is 5.44. The topological polar surface area (TPSA) is 43.1 Å². The van der Waals surface area contributed by atoms with Gasteiger partial charge >= 0.3 is 0 Å². The number of hydrogen-bond acceptors (Lipinski definition) is 3. The van der Waals surface area contributed by atoms with Gasteiger partial charge in [-0.1, -0.05) is 50.0 Å². The summed E-state index contributed by atoms with van der Waals surface area (Å²) in [6.07, 6.45) is 7.14. The van der Waals surface area contributed by atoms with Gasteiger partial charge in [-0.25, -0.2) is 0 Å². The van der Waals surface area contributed by atoms with Gasteiger partial charge in [-0.3, -0.25) is 0 Å². The van der Waals surface area contributed by atoms with E-state index in [-0.39, 0.29) is 0 Å². The van der Waals surface area contributed by atoms with Crippen LogP contribution >= 0.6 is 0 Å². The Morgan fingerprint density at radius 2 is 1.95 bits per heavy atom. The molecule has 4 nitrogen and oxygen atoms in total. The van der Waals surface area contributed by atoms with Gasteiger partial charge in [0, 0.05) is 0 Å². The summed E-state index contributed by atoms with van der Waals surface area (Å²) in [6.45, 7) is 6.49. The lowest BCUT2D eigenvalue weighted by Crippen LogP contribution is -2.16. The van der Waals surface area contributed by atoms with E-state index in [1.165, 1.54) is 4.79 Å². The molecule has 2 aromatic rings. The zero-order chi connectivity index (χ0) is 15.3. The van der Waals surface area contributed by atoms with Crippen LogP contribution < -0.4 is 0 Å². The van der Waals surface area contributed by atoms with E-state index in [2.05, 4.69) is 52.4 Å². The van der Waals surface area contributed by atoms with Crippen molar-refractivity contribution in [2.24, 2.45) is 5.10 Å². The second kappa shape index (κ2) is 6.21. The number of benzene rings is 1. The van der Waals surface area contributed by atoms with Gasteiger partial charge in [0.05, 0.1) is 6.21 Å². The lowest BCUT2D eigenvalue weighted by molar-refractivity contribution is 0.690. The molecule has 0 atom stereocenters. The lowest BCUT2D eigenvalue weighted by Gasteiger charge is -2.03. The van der Waals surface area contributed by atoms with Crippen LogP contribution in [0.2, 0.25) is 19.6 Å². The number of nitrogens with zero attached hydrogens (tertiary/aromatic N) is 4. The fourth-order valence-electron chi connectivity index (χ4n) is 1.47. The second-order valence-corrected chi connectivity index (χ2v) is 10.2. The molecule has 1 aromatic carbocycles. The predicted molar refractivity (Wildman–Crippen MR) is 87.6 cm³/mol. The maximum atomic E-state index is 5.44. The third-order valence-electron chi connectivity index (χ3n) is 2.46. The Hall–Kier alpha value is -2.63. The quantitative estimate of drug-likeness (QED) is 0.484. The molecule has 0 saturated carbocycles. The van der Waals surface area contributed by atoms with Crippen LogP contribution in [0.4, 0.5) is 0 Å². The Bertz CT molecular complexity index is 750. The van der Waals surface area contributed by atoms with Gasteiger partial charge in [-0.15, -0.1) is 21.9 Å². The van der Waals surface area contributed by atoms with Crippen molar-refractivity contribution in [3.8, 4) is 23.8 Å². The molecule has 104 valence electrons. The van der Waals surface area contributed by atoms with Crippen LogP contribution in [0.25, 0.3) is 0 Å². The largest absolute Gasteiger partial charge is 0.173 e. The van der Waals surface area contributed by atoms with Crippen LogP contribution in [0.1, 0.15) is 17.0 Å². The van der Waals surface area contributed by atoms with Crippen LogP contribution in [0.15, 0.2) is 35.4 Å². The SMILES string of the molecule is C#Cc1nnn(/N=C/c2ccccc2)c1C#C[Si](C)(C)C. The monoisotopic (exact) mass is 292 g/mol. The molecule has 1 aromatic heterocycles. The molecule has 0 fully saturated rings. The third kappa shape index (κ3) is 4.17. The van der Waals surface area contributed by atoms with Crippen LogP contribution in [-0.2, 0) is 0 Å². The molecule has 0 aliphatic rings. The third-order valence-corrected chi connectivity index (χ3v) is 3.34. The Morgan fingerprint density at radius 3 is 2.57 bits per heavy atom. The highest BCUT2D eigenvalue weighted by Gasteiger charge is 2.11. The van der Waals surface area contributed by atoms with Crippen molar-refractivity contribution >= 4 is 14.3 Å². The summed E-state index contributed by atoms with van der Waals surface area (Å²) in [7, 11) is -1.51. The van der Waals surface area contributed by atoms with Crippen molar-refractivity contribution in [1.29, 1.82) is 0 Å². The minimum absolute atomic E-state index is 0.422. The molecule has 0 N–H and O–H groups in total. The summed E-state index contributed by atoms with van der Waals surface area (Å²) in [5.41, 5.74) is 5.21. The van der Waals surface area contributed by atoms with Crippen molar-refractivity contribution < 1.29 is 0 Å². The highest BCUT2D eigenvalue weighted by Crippen LogP contribution is 2.05. The smallest absolute Gasteiger partial charge is 0.156 e. The molecule has 0 spiro atoms. The minimum atomic E-state index is -1.51. The molecular weight excluding hydrogens is 276 g/mol. The van der Waals surface area contributed by atoms with Gasteiger partial charge in [0.2, 0.25) is 0 Å². The van der Waals surface area contributed by atoms with E-state index in [1.807, 2.05) is 30.3 Å². The van der Waals surface area contributed by atoms with E-state index in [4.69, 9.17) is 6.42 Å². The number of rotatable bonds is 2. The van der Waals surface area contributed by atoms with Crippen LogP contribution in [0.3, 0.4) is 0 Å². The molecule has 0 amide bonds. The molecule has 2 rings (SSSR count). The number of hydrogen-bond donors (Lipinski definition) is 0. The van der Waals surface area contributed by atoms with E-state index in [9.17, 15) is 0 Å². The molecule has 5 heteroatoms. The molecule has 1 heterocycles. The first-order valence-electron chi connectivity index (χ1n) is 6.54. The average Bonchev–Trinajstić information content (AvgIpc) is 2.85. The molecular formula is C16H16N4Si. The van der Waals surface area contributed by atoms with Gasteiger partial charge in [0.25, 0.3) is 0 Å². The van der Waals surface area contributed by atoms with E-state index >= 15 is 0 Å². The van der Waals surface area contributed by atoms with Gasteiger partial charge in [0.1, 0.15) is 8.07 Å². The van der Waals surface area contributed by atoms with E-state index in [0.29, 0.717) is 11.4 Å². The maximum Gasteiger partial charge on any atom is 0.173 e. The normalized spacial score (nSPS) is 11.0. The Labute approximate surface area is 125 Å². The first kappa shape index (κ1) is 14.8. The molecule has 0 bridgehead atoms. The first-order valence-corrected chi connectivity index (χ1v) is 10.0. The predicted octanol–water partition coefficient (Wildman–Crippen LogP) is 2.37. The highest BCUT2D eigenvalue weighted by molar-refractivity contribution is 6.83. The van der Waals surface area contributed by atoms with E-state index in [1.54, 1.807) is 6.21 Å². The standard InChI is InChI=1S/C16H16N4Si/c1-5-15-16(11-12-21(2,3)4)20(19-18-15)17-13-14-9-7-6-8-10-14/h1,6-10,13H,2-4H3/b17-13+. The van der Waals surface area contributed by atoms with E-state index < -0.39 is 8.07 Å². The summed E-state index contributed by atoms with van der Waals surface area (Å²) in [5.74, 6) is 5.58. The molecule has 0 aliphatic heterocycles. The first-order chi connectivity index (χ1) is 9.99. The molecule has 0 unspecified atom stereocenters. The van der Waals surface area contributed by atoms with Crippen LogP contribution in [0, 0.1) is 23.8 Å². The van der Waals surface area contributed by atoms with Crippen molar-refractivity contribution in [2.45, 2.75) is 19.6 Å². The minimum Gasteiger partial charge on any atom is -0.156 e. The van der Waals surface area contributed by atoms with Gasteiger partial charge in [0.15, 0.2) is 11.4 Å². The Morgan fingerprint density at radius 1 is 1.24 bits per heavy atom. The Balaban J connectivity index is 2.37. The fraction of sp³-hybridized carbons (Fsp3) is 0.188. The van der Waals surface area contributed by atoms with Crippen molar-refractivity contribution in [2.75, 3.05) is 0 Å². The lowest BCUT2D eigenvalue weighted by atomic mass is 10.2. The van der Waals surface area contributed by atoms with Crippen molar-refractivity contribution in [1.82, 2.24) is 15.1 Å². The summed E-state index contributed by atoms with van der Waals surface area (Å²) in [6, 6.07) is 9.75. The van der Waals surface area contributed by atoms with Gasteiger partial charge < -0.3 is 0 Å². The Kier molecular flexibility index (Phi) is 4.37. The van der Waals surface area contributed by atoms with Crippen molar-refractivity contribution in [3.05, 3.63) is 47.3 Å². The second-order valence-electron chi connectivity index (χ2n) is 5.48. The number of terminal acetylenes is 1. The average molecular weight is 292 g/mol. The van der Waals surface area contributed by atoms with E-state index in [0.717, 1.165) is 5.56 Å². The van der Waals surface area contributed by atoms with Gasteiger partial charge in [-0.05, 0) is 22.6 Å². The zero-order valence-corrected chi connectivity index (χ0v) is 13.3. The van der Waals surface area contributed by atoms with Crippen LogP contribution in [-0.4, -0.2) is 29.4 Å². The molecule has 0 saturated heterocycles. The summed E-state index contributed by atoms with van der Waals surface area (Å²) in [4.78, 5) is 1.38. The zero-order valence-electron chi connectivity index (χ0n) is 12.3. The summed E-state index contributed by atoms with van der Waals surface area (Å²) in [5, 5.41) is 12.1. The van der Waals surface area contributed by atoms with Gasteiger partial charge in [-0.2, -0.15) is 5.10 Å². The summed E-state index contributed by atoms with van der Waals surface area (Å²) >= 11 is 0. The molecule has 0 aliphatic carbocycles. The van der Waals surface area contributed by atoms with Crippen molar-refractivity contribution in [3.63, 3.8) is 0 Å². The highest BCUT2D eigenvalue weighted by atomic mass is 28.3. The fourth-order valence-corrected chi connectivity index (χ4v) is 1.96. The molecule has 21 heavy (non-hydrogen) atoms.